The van der Waals surface area contributed by atoms with Gasteiger partial charge < -0.3 is 5.32 Å². The highest BCUT2D eigenvalue weighted by Crippen LogP contribution is 2.49. The number of amides is 3. The summed E-state index contributed by atoms with van der Waals surface area (Å²) in [6, 6.07) is 0. The number of imide groups is 1. The lowest BCUT2D eigenvalue weighted by Gasteiger charge is -2.21. The Morgan fingerprint density at radius 3 is 2.38 bits per heavy atom. The van der Waals surface area contributed by atoms with Crippen molar-refractivity contribution >= 4 is 17.7 Å². The third-order valence-corrected chi connectivity index (χ3v) is 6.62. The molecule has 0 aromatic carbocycles. The average molecular weight is 330 g/mol. The monoisotopic (exact) mass is 330 g/mol. The van der Waals surface area contributed by atoms with Gasteiger partial charge in [-0.25, -0.2) is 0 Å². The number of carbonyl (C=O) groups is 3. The molecule has 1 saturated heterocycles. The molecule has 0 radical (unpaired) electrons. The third-order valence-electron chi connectivity index (χ3n) is 6.62. The van der Waals surface area contributed by atoms with E-state index in [1.165, 1.54) is 30.6 Å². The van der Waals surface area contributed by atoms with E-state index in [1.54, 1.807) is 0 Å². The van der Waals surface area contributed by atoms with E-state index in [0.29, 0.717) is 19.4 Å². The zero-order chi connectivity index (χ0) is 16.7. The van der Waals surface area contributed by atoms with E-state index in [4.69, 9.17) is 0 Å². The number of hydrogen-bond acceptors (Lipinski definition) is 3. The largest absolute Gasteiger partial charge is 0.355 e. The van der Waals surface area contributed by atoms with Crippen molar-refractivity contribution in [2.75, 3.05) is 13.1 Å². The van der Waals surface area contributed by atoms with Gasteiger partial charge in [-0.05, 0) is 56.3 Å². The molecule has 3 amide bonds. The molecule has 1 heterocycles. The fourth-order valence-electron chi connectivity index (χ4n) is 5.35. The molecule has 3 fully saturated rings. The fraction of sp³-hybridized carbons (Fsp3) is 0.737. The second-order valence-electron chi connectivity index (χ2n) is 7.99. The van der Waals surface area contributed by atoms with Crippen LogP contribution in [0.15, 0.2) is 12.2 Å². The van der Waals surface area contributed by atoms with Gasteiger partial charge >= 0.3 is 0 Å². The van der Waals surface area contributed by atoms with Gasteiger partial charge in [-0.15, -0.1) is 0 Å². The summed E-state index contributed by atoms with van der Waals surface area (Å²) < 4.78 is 0. The topological polar surface area (TPSA) is 66.5 Å². The Balaban J connectivity index is 1.24. The zero-order valence-corrected chi connectivity index (χ0v) is 14.1. The van der Waals surface area contributed by atoms with Gasteiger partial charge in [0.15, 0.2) is 0 Å². The van der Waals surface area contributed by atoms with Crippen LogP contribution in [0.5, 0.6) is 0 Å². The molecule has 3 aliphatic carbocycles. The van der Waals surface area contributed by atoms with E-state index in [9.17, 15) is 14.4 Å². The number of rotatable bonds is 5. The first-order chi connectivity index (χ1) is 11.6. The lowest BCUT2D eigenvalue weighted by Crippen LogP contribution is -2.41. The van der Waals surface area contributed by atoms with Crippen LogP contribution >= 0.6 is 0 Å². The molecule has 1 N–H and O–H groups in total. The summed E-state index contributed by atoms with van der Waals surface area (Å²) in [6.45, 7) is 0.554. The van der Waals surface area contributed by atoms with Crippen LogP contribution in [0.25, 0.3) is 0 Å². The highest BCUT2D eigenvalue weighted by Gasteiger charge is 2.47. The molecule has 5 heteroatoms. The van der Waals surface area contributed by atoms with Crippen molar-refractivity contribution in [3.63, 3.8) is 0 Å². The van der Waals surface area contributed by atoms with E-state index in [-0.39, 0.29) is 36.1 Å². The van der Waals surface area contributed by atoms with E-state index >= 15 is 0 Å². The maximum atomic E-state index is 12.3. The lowest BCUT2D eigenvalue weighted by molar-refractivity contribution is -0.143. The molecule has 2 saturated carbocycles. The highest BCUT2D eigenvalue weighted by atomic mass is 16.2. The van der Waals surface area contributed by atoms with Crippen LogP contribution in [0.4, 0.5) is 0 Å². The third kappa shape index (κ3) is 2.78. The maximum Gasteiger partial charge on any atom is 0.240 e. The predicted molar refractivity (Wildman–Crippen MR) is 88.6 cm³/mol. The van der Waals surface area contributed by atoms with E-state index in [1.807, 2.05) is 12.2 Å². The molecule has 0 aromatic rings. The molecule has 24 heavy (non-hydrogen) atoms. The fourth-order valence-corrected chi connectivity index (χ4v) is 5.35. The summed E-state index contributed by atoms with van der Waals surface area (Å²) >= 11 is 0. The van der Waals surface area contributed by atoms with Crippen LogP contribution in [0.1, 0.15) is 44.9 Å². The molecule has 0 aromatic heterocycles. The van der Waals surface area contributed by atoms with Crippen LogP contribution in [0.3, 0.4) is 0 Å². The van der Waals surface area contributed by atoms with E-state index in [2.05, 4.69) is 5.32 Å². The van der Waals surface area contributed by atoms with E-state index < -0.39 is 0 Å². The van der Waals surface area contributed by atoms with Crippen LogP contribution in [-0.2, 0) is 14.4 Å². The number of allylic oxidation sites excluding steroid dienone is 2. The van der Waals surface area contributed by atoms with Gasteiger partial charge in [0.25, 0.3) is 0 Å². The molecular formula is C19H26N2O3. The van der Waals surface area contributed by atoms with Crippen LogP contribution < -0.4 is 5.32 Å². The number of fused-ring (bicyclic) bond motifs is 3. The molecule has 0 unspecified atom stereocenters. The SMILES string of the molecule is O=C(CN1C(=O)[C@@H]2CC=CC[C@H]2C1=O)NCC[C@@H]1C[C@H]2CC[C@H]1C2. The Kier molecular flexibility index (Phi) is 4.19. The second-order valence-corrected chi connectivity index (χ2v) is 7.99. The molecule has 5 atom stereocenters. The molecule has 2 bridgehead atoms. The Morgan fingerprint density at radius 2 is 1.79 bits per heavy atom. The molecule has 4 aliphatic rings. The van der Waals surface area contributed by atoms with Crippen molar-refractivity contribution in [2.45, 2.75) is 44.9 Å². The first kappa shape index (κ1) is 15.9. The van der Waals surface area contributed by atoms with Crippen LogP contribution in [0.2, 0.25) is 0 Å². The standard InChI is InChI=1S/C19H26N2O3/c22-17(20-8-7-14-10-12-5-6-13(14)9-12)11-21-18(23)15-3-1-2-4-16(15)19(21)24/h1-2,12-16H,3-11H2,(H,20,22)/t12-,13-,14+,15+,16+/m0/s1. The Hall–Kier alpha value is -1.65. The minimum atomic E-state index is -0.246. The van der Waals surface area contributed by atoms with Crippen molar-refractivity contribution in [3.8, 4) is 0 Å². The van der Waals surface area contributed by atoms with Gasteiger partial charge in [0.1, 0.15) is 6.54 Å². The summed E-state index contributed by atoms with van der Waals surface area (Å²) in [5, 5.41) is 2.92. The van der Waals surface area contributed by atoms with Gasteiger partial charge in [0, 0.05) is 6.54 Å². The van der Waals surface area contributed by atoms with Crippen LogP contribution in [0, 0.1) is 29.6 Å². The normalized spacial score (nSPS) is 37.2. The molecule has 130 valence electrons. The van der Waals surface area contributed by atoms with Crippen LogP contribution in [-0.4, -0.2) is 35.7 Å². The summed E-state index contributed by atoms with van der Waals surface area (Å²) in [5.41, 5.74) is 0. The quantitative estimate of drug-likeness (QED) is 0.618. The number of likely N-dealkylation sites (tertiary alicyclic amines) is 1. The van der Waals surface area contributed by atoms with Crippen molar-refractivity contribution in [3.05, 3.63) is 12.2 Å². The molecule has 5 nitrogen and oxygen atoms in total. The number of nitrogens with one attached hydrogen (secondary N) is 1. The van der Waals surface area contributed by atoms with Gasteiger partial charge in [-0.3, -0.25) is 19.3 Å². The number of nitrogens with zero attached hydrogens (tertiary/aromatic N) is 1. The summed E-state index contributed by atoms with van der Waals surface area (Å²) in [6.07, 6.45) is 11.7. The van der Waals surface area contributed by atoms with Crippen molar-refractivity contribution < 1.29 is 14.4 Å². The summed E-state index contributed by atoms with van der Waals surface area (Å²) in [7, 11) is 0. The summed E-state index contributed by atoms with van der Waals surface area (Å²) in [5.74, 6) is 1.51. The first-order valence-corrected chi connectivity index (χ1v) is 9.40. The van der Waals surface area contributed by atoms with Gasteiger partial charge in [0.2, 0.25) is 17.7 Å². The molecular weight excluding hydrogens is 304 g/mol. The van der Waals surface area contributed by atoms with Gasteiger partial charge in [-0.2, -0.15) is 0 Å². The Morgan fingerprint density at radius 1 is 1.08 bits per heavy atom. The average Bonchev–Trinajstić information content (AvgIpc) is 3.26. The lowest BCUT2D eigenvalue weighted by atomic mass is 9.85. The predicted octanol–water partition coefficient (Wildman–Crippen LogP) is 1.88. The van der Waals surface area contributed by atoms with E-state index in [0.717, 1.165) is 24.2 Å². The van der Waals surface area contributed by atoms with Crippen molar-refractivity contribution in [2.24, 2.45) is 29.6 Å². The van der Waals surface area contributed by atoms with Gasteiger partial charge in [-0.1, -0.05) is 18.6 Å². The van der Waals surface area contributed by atoms with Gasteiger partial charge in [0.05, 0.1) is 11.8 Å². The molecule has 4 rings (SSSR count). The van der Waals surface area contributed by atoms with Crippen molar-refractivity contribution in [1.82, 2.24) is 10.2 Å². The summed E-state index contributed by atoms with van der Waals surface area (Å²) in [4.78, 5) is 38.0. The molecule has 1 aliphatic heterocycles. The molecule has 0 spiro atoms. The first-order valence-electron chi connectivity index (χ1n) is 9.40. The Bertz CT molecular complexity index is 559. The second kappa shape index (κ2) is 6.34. The zero-order valence-electron chi connectivity index (χ0n) is 14.1. The number of hydrogen-bond donors (Lipinski definition) is 1. The minimum absolute atomic E-state index is 0.110. The van der Waals surface area contributed by atoms with Crippen molar-refractivity contribution in [1.29, 1.82) is 0 Å². The smallest absolute Gasteiger partial charge is 0.240 e. The number of carbonyl (C=O) groups excluding carboxylic acids is 3. The highest BCUT2D eigenvalue weighted by molar-refractivity contribution is 6.07. The Labute approximate surface area is 142 Å². The minimum Gasteiger partial charge on any atom is -0.355 e. The maximum absolute atomic E-state index is 12.3.